The molecule has 0 aliphatic heterocycles. The van der Waals surface area contributed by atoms with Gasteiger partial charge in [0, 0.05) is 13.0 Å². The molecule has 0 bridgehead atoms. The number of amides is 1. The van der Waals surface area contributed by atoms with E-state index in [1.165, 1.54) is 6.07 Å². The van der Waals surface area contributed by atoms with Crippen molar-refractivity contribution in [3.63, 3.8) is 0 Å². The zero-order valence-corrected chi connectivity index (χ0v) is 12.3. The molecule has 2 rings (SSSR count). The van der Waals surface area contributed by atoms with Crippen molar-refractivity contribution in [2.75, 3.05) is 6.54 Å². The summed E-state index contributed by atoms with van der Waals surface area (Å²) in [5.74, 6) is -1.24. The minimum absolute atomic E-state index is 0.0302. The third-order valence-electron chi connectivity index (χ3n) is 4.18. The molecule has 3 N–H and O–H groups in total. The van der Waals surface area contributed by atoms with Crippen LogP contribution in [0.4, 0.5) is 8.78 Å². The molecule has 1 aromatic carbocycles. The van der Waals surface area contributed by atoms with Crippen molar-refractivity contribution in [1.29, 1.82) is 0 Å². The molecule has 0 radical (unpaired) electrons. The van der Waals surface area contributed by atoms with Crippen LogP contribution in [-0.2, 0) is 11.2 Å². The lowest BCUT2D eigenvalue weighted by molar-refractivity contribution is -0.123. The zero-order chi connectivity index (χ0) is 15.5. The van der Waals surface area contributed by atoms with E-state index in [4.69, 9.17) is 5.73 Å². The first-order chi connectivity index (χ1) is 9.94. The number of aryl methyl sites for hydroxylation is 1. The van der Waals surface area contributed by atoms with E-state index in [2.05, 4.69) is 5.32 Å². The molecule has 0 spiro atoms. The lowest BCUT2D eigenvalue weighted by Crippen LogP contribution is -2.53. The molecule has 1 atom stereocenters. The number of benzene rings is 1. The molecule has 0 heterocycles. The predicted octanol–water partition coefficient (Wildman–Crippen LogP) is 2.53. The van der Waals surface area contributed by atoms with E-state index in [-0.39, 0.29) is 11.4 Å². The Balaban J connectivity index is 1.77. The fourth-order valence-electron chi connectivity index (χ4n) is 2.57. The zero-order valence-electron chi connectivity index (χ0n) is 12.3. The Bertz CT molecular complexity index is 517. The van der Waals surface area contributed by atoms with Crippen LogP contribution in [0.1, 0.15) is 38.2 Å². The van der Waals surface area contributed by atoms with Crippen LogP contribution in [0, 0.1) is 17.6 Å². The Morgan fingerprint density at radius 3 is 2.67 bits per heavy atom. The van der Waals surface area contributed by atoms with Crippen molar-refractivity contribution in [2.45, 2.75) is 44.6 Å². The van der Waals surface area contributed by atoms with Gasteiger partial charge in [0.25, 0.3) is 0 Å². The van der Waals surface area contributed by atoms with Gasteiger partial charge in [0.15, 0.2) is 11.6 Å². The number of hydrogen-bond acceptors (Lipinski definition) is 2. The molecule has 3 nitrogen and oxygen atoms in total. The molecule has 1 aromatic rings. The van der Waals surface area contributed by atoms with Crippen LogP contribution in [0.2, 0.25) is 0 Å². The molecular formula is C16H22F2N2O. The second-order valence-corrected chi connectivity index (χ2v) is 6.05. The van der Waals surface area contributed by atoms with E-state index >= 15 is 0 Å². The summed E-state index contributed by atoms with van der Waals surface area (Å²) in [5, 5.41) is 3.01. The van der Waals surface area contributed by atoms with Crippen molar-refractivity contribution < 1.29 is 13.6 Å². The van der Waals surface area contributed by atoms with Crippen LogP contribution in [0.15, 0.2) is 18.2 Å². The molecule has 116 valence electrons. The molecule has 1 saturated carbocycles. The molecule has 21 heavy (non-hydrogen) atoms. The maximum absolute atomic E-state index is 13.1. The molecule has 1 amide bonds. The number of carbonyl (C=O) groups excluding carboxylic acids is 1. The first kappa shape index (κ1) is 15.9. The van der Waals surface area contributed by atoms with Gasteiger partial charge in [-0.1, -0.05) is 6.07 Å². The van der Waals surface area contributed by atoms with E-state index in [9.17, 15) is 13.6 Å². The van der Waals surface area contributed by atoms with E-state index < -0.39 is 11.6 Å². The second kappa shape index (κ2) is 6.52. The highest BCUT2D eigenvalue weighted by atomic mass is 19.2. The minimum atomic E-state index is -0.848. The van der Waals surface area contributed by atoms with E-state index in [0.29, 0.717) is 37.3 Å². The average molecular weight is 296 g/mol. The van der Waals surface area contributed by atoms with Gasteiger partial charge in [0.05, 0.1) is 5.54 Å². The van der Waals surface area contributed by atoms with Crippen LogP contribution in [0.25, 0.3) is 0 Å². The van der Waals surface area contributed by atoms with Gasteiger partial charge in [-0.3, -0.25) is 4.79 Å². The molecule has 0 aromatic heterocycles. The van der Waals surface area contributed by atoms with Gasteiger partial charge in [0.2, 0.25) is 5.91 Å². The van der Waals surface area contributed by atoms with Crippen molar-refractivity contribution in [2.24, 2.45) is 11.7 Å². The van der Waals surface area contributed by atoms with Gasteiger partial charge < -0.3 is 11.1 Å². The van der Waals surface area contributed by atoms with E-state index in [1.807, 2.05) is 6.92 Å². The Kier molecular flexibility index (Phi) is 4.93. The van der Waals surface area contributed by atoms with Gasteiger partial charge >= 0.3 is 0 Å². The Hall–Kier alpha value is -1.49. The Morgan fingerprint density at radius 2 is 2.10 bits per heavy atom. The number of carbonyl (C=O) groups is 1. The molecule has 1 aliphatic carbocycles. The van der Waals surface area contributed by atoms with Crippen molar-refractivity contribution >= 4 is 5.91 Å². The van der Waals surface area contributed by atoms with Crippen LogP contribution < -0.4 is 11.1 Å². The predicted molar refractivity (Wildman–Crippen MR) is 77.6 cm³/mol. The number of nitrogens with two attached hydrogens (primary N) is 1. The SMILES string of the molecule is CC(CN)(NC(=O)CCCc1ccc(F)c(F)c1)C1CC1. The van der Waals surface area contributed by atoms with Crippen molar-refractivity contribution in [3.8, 4) is 0 Å². The normalized spacial score (nSPS) is 17.3. The van der Waals surface area contributed by atoms with Gasteiger partial charge in [-0.15, -0.1) is 0 Å². The quantitative estimate of drug-likeness (QED) is 0.812. The Labute approximate surface area is 123 Å². The average Bonchev–Trinajstić information content (AvgIpc) is 3.27. The summed E-state index contributed by atoms with van der Waals surface area (Å²) in [5.41, 5.74) is 6.15. The van der Waals surface area contributed by atoms with Crippen LogP contribution >= 0.6 is 0 Å². The summed E-state index contributed by atoms with van der Waals surface area (Å²) >= 11 is 0. The maximum Gasteiger partial charge on any atom is 0.220 e. The molecular weight excluding hydrogens is 274 g/mol. The lowest BCUT2D eigenvalue weighted by Gasteiger charge is -2.29. The highest BCUT2D eigenvalue weighted by molar-refractivity contribution is 5.76. The summed E-state index contributed by atoms with van der Waals surface area (Å²) in [6.07, 6.45) is 3.74. The summed E-state index contributed by atoms with van der Waals surface area (Å²) in [7, 11) is 0. The van der Waals surface area contributed by atoms with Gasteiger partial charge in [-0.2, -0.15) is 0 Å². The summed E-state index contributed by atoms with van der Waals surface area (Å²) in [6, 6.07) is 3.84. The standard InChI is InChI=1S/C16H22F2N2O/c1-16(10-19,12-6-7-12)20-15(21)4-2-3-11-5-8-13(17)14(18)9-11/h5,8-9,12H,2-4,6-7,10,19H2,1H3,(H,20,21). The van der Waals surface area contributed by atoms with Crippen LogP contribution in [0.5, 0.6) is 0 Å². The highest BCUT2D eigenvalue weighted by Crippen LogP contribution is 2.39. The molecule has 1 fully saturated rings. The minimum Gasteiger partial charge on any atom is -0.349 e. The lowest BCUT2D eigenvalue weighted by atomic mass is 9.95. The largest absolute Gasteiger partial charge is 0.349 e. The van der Waals surface area contributed by atoms with Crippen molar-refractivity contribution in [3.05, 3.63) is 35.4 Å². The van der Waals surface area contributed by atoms with Crippen LogP contribution in [0.3, 0.4) is 0 Å². The third-order valence-corrected chi connectivity index (χ3v) is 4.18. The fraction of sp³-hybridized carbons (Fsp3) is 0.562. The van der Waals surface area contributed by atoms with Gasteiger partial charge in [-0.05, 0) is 56.2 Å². The van der Waals surface area contributed by atoms with Crippen molar-refractivity contribution in [1.82, 2.24) is 5.32 Å². The van der Waals surface area contributed by atoms with Crippen LogP contribution in [-0.4, -0.2) is 18.0 Å². The van der Waals surface area contributed by atoms with E-state index in [1.54, 1.807) is 6.07 Å². The Morgan fingerprint density at radius 1 is 1.38 bits per heavy atom. The smallest absolute Gasteiger partial charge is 0.220 e. The highest BCUT2D eigenvalue weighted by Gasteiger charge is 2.41. The fourth-order valence-corrected chi connectivity index (χ4v) is 2.57. The number of rotatable bonds is 7. The number of nitrogens with one attached hydrogen (secondary N) is 1. The molecule has 5 heteroatoms. The first-order valence-electron chi connectivity index (χ1n) is 7.39. The topological polar surface area (TPSA) is 55.1 Å². The molecule has 1 aliphatic rings. The second-order valence-electron chi connectivity index (χ2n) is 6.05. The first-order valence-corrected chi connectivity index (χ1v) is 7.39. The number of halogens is 2. The summed E-state index contributed by atoms with van der Waals surface area (Å²) in [6.45, 7) is 2.42. The molecule has 1 unspecified atom stereocenters. The van der Waals surface area contributed by atoms with Gasteiger partial charge in [0.1, 0.15) is 0 Å². The maximum atomic E-state index is 13.1. The number of hydrogen-bond donors (Lipinski definition) is 2. The monoisotopic (exact) mass is 296 g/mol. The molecule has 0 saturated heterocycles. The van der Waals surface area contributed by atoms with E-state index in [0.717, 1.165) is 18.9 Å². The summed E-state index contributed by atoms with van der Waals surface area (Å²) in [4.78, 5) is 12.0. The third kappa shape index (κ3) is 4.24. The summed E-state index contributed by atoms with van der Waals surface area (Å²) < 4.78 is 25.9. The van der Waals surface area contributed by atoms with Gasteiger partial charge in [-0.25, -0.2) is 8.78 Å².